The third-order valence-corrected chi connectivity index (χ3v) is 2.32. The van der Waals surface area contributed by atoms with Crippen molar-refractivity contribution in [2.24, 2.45) is 4.99 Å². The molecule has 0 aliphatic carbocycles. The van der Waals surface area contributed by atoms with Crippen molar-refractivity contribution in [1.29, 1.82) is 0 Å². The Labute approximate surface area is 64.2 Å². The molecule has 0 unspecified atom stereocenters. The van der Waals surface area contributed by atoms with Gasteiger partial charge in [0.25, 0.3) is 0 Å². The van der Waals surface area contributed by atoms with E-state index >= 15 is 0 Å². The van der Waals surface area contributed by atoms with Crippen molar-refractivity contribution in [3.63, 3.8) is 0 Å². The summed E-state index contributed by atoms with van der Waals surface area (Å²) in [5.41, 5.74) is 1.05. The molecule has 2 heteroatoms. The summed E-state index contributed by atoms with van der Waals surface area (Å²) < 4.78 is 0. The third-order valence-electron chi connectivity index (χ3n) is 1.35. The second-order valence-corrected chi connectivity index (χ2v) is 3.08. The van der Waals surface area contributed by atoms with Crippen LogP contribution in [0.2, 0.25) is 0 Å². The molecule has 0 bridgehead atoms. The fourth-order valence-corrected chi connectivity index (χ4v) is 1.65. The van der Waals surface area contributed by atoms with Gasteiger partial charge < -0.3 is 0 Å². The standard InChI is InChI=1S/C8H6NS/c1-2-4-8-7(3-1)9-5-6-10-8/h2-5H,6H2. The van der Waals surface area contributed by atoms with E-state index in [9.17, 15) is 0 Å². The van der Waals surface area contributed by atoms with Crippen LogP contribution in [0.15, 0.2) is 28.1 Å². The zero-order chi connectivity index (χ0) is 6.81. The van der Waals surface area contributed by atoms with Gasteiger partial charge in [0, 0.05) is 16.9 Å². The van der Waals surface area contributed by atoms with Gasteiger partial charge in [0.15, 0.2) is 0 Å². The third kappa shape index (κ3) is 0.948. The highest BCUT2D eigenvalue weighted by Gasteiger charge is 2.02. The molecule has 0 spiro atoms. The van der Waals surface area contributed by atoms with E-state index in [4.69, 9.17) is 0 Å². The van der Waals surface area contributed by atoms with Crippen LogP contribution in [0.25, 0.3) is 0 Å². The number of rotatable bonds is 0. The van der Waals surface area contributed by atoms with Crippen molar-refractivity contribution >= 4 is 23.7 Å². The summed E-state index contributed by atoms with van der Waals surface area (Å²) in [6, 6.07) is 8.88. The normalized spacial score (nSPS) is 14.8. The molecule has 0 aromatic heterocycles. The Kier molecular flexibility index (Phi) is 1.47. The molecule has 1 heterocycles. The van der Waals surface area contributed by atoms with Gasteiger partial charge in [-0.05, 0) is 18.2 Å². The number of fused-ring (bicyclic) bond motifs is 1. The number of nitrogens with zero attached hydrogens (tertiary/aromatic N) is 1. The lowest BCUT2D eigenvalue weighted by molar-refractivity contribution is 1.36. The van der Waals surface area contributed by atoms with Crippen LogP contribution in [0, 0.1) is 6.07 Å². The molecular formula is C8H6NS. The van der Waals surface area contributed by atoms with E-state index in [1.54, 1.807) is 0 Å². The Bertz CT molecular complexity index is 268. The maximum atomic E-state index is 4.22. The van der Waals surface area contributed by atoms with Gasteiger partial charge in [-0.1, -0.05) is 6.07 Å². The quantitative estimate of drug-likeness (QED) is 0.550. The topological polar surface area (TPSA) is 12.4 Å². The van der Waals surface area contributed by atoms with Gasteiger partial charge in [0.2, 0.25) is 0 Å². The van der Waals surface area contributed by atoms with E-state index in [1.165, 1.54) is 4.90 Å². The average molecular weight is 148 g/mol. The van der Waals surface area contributed by atoms with E-state index < -0.39 is 0 Å². The van der Waals surface area contributed by atoms with E-state index in [0.29, 0.717) is 0 Å². The summed E-state index contributed by atoms with van der Waals surface area (Å²) in [7, 11) is 0. The van der Waals surface area contributed by atoms with Crippen molar-refractivity contribution < 1.29 is 0 Å². The minimum Gasteiger partial charge on any atom is -0.259 e. The largest absolute Gasteiger partial charge is 0.259 e. The Morgan fingerprint density at radius 3 is 3.50 bits per heavy atom. The maximum Gasteiger partial charge on any atom is 0.0768 e. The molecule has 0 N–H and O–H groups in total. The molecule has 0 saturated carbocycles. The molecule has 1 aromatic carbocycles. The molecule has 0 fully saturated rings. The van der Waals surface area contributed by atoms with Gasteiger partial charge >= 0.3 is 0 Å². The van der Waals surface area contributed by atoms with Gasteiger partial charge in [-0.2, -0.15) is 0 Å². The molecule has 1 aliphatic heterocycles. The molecular weight excluding hydrogens is 142 g/mol. The lowest BCUT2D eigenvalue weighted by Crippen LogP contribution is -1.86. The Hall–Kier alpha value is -0.760. The first kappa shape index (κ1) is 5.98. The Morgan fingerprint density at radius 2 is 2.60 bits per heavy atom. The van der Waals surface area contributed by atoms with Crippen LogP contribution >= 0.6 is 11.8 Å². The zero-order valence-corrected chi connectivity index (χ0v) is 6.19. The van der Waals surface area contributed by atoms with E-state index in [1.807, 2.05) is 30.1 Å². The van der Waals surface area contributed by atoms with Crippen molar-refractivity contribution in [1.82, 2.24) is 0 Å². The molecule has 2 rings (SSSR count). The van der Waals surface area contributed by atoms with Crippen molar-refractivity contribution in [2.75, 3.05) is 5.75 Å². The van der Waals surface area contributed by atoms with E-state index in [0.717, 1.165) is 11.4 Å². The van der Waals surface area contributed by atoms with Crippen molar-refractivity contribution in [3.8, 4) is 0 Å². The molecule has 49 valence electrons. The molecule has 1 aromatic rings. The molecule has 0 amide bonds. The van der Waals surface area contributed by atoms with Gasteiger partial charge in [-0.3, -0.25) is 4.99 Å². The average Bonchev–Trinajstić information content (AvgIpc) is 2.05. The highest BCUT2D eigenvalue weighted by Crippen LogP contribution is 2.30. The molecule has 1 radical (unpaired) electrons. The van der Waals surface area contributed by atoms with Crippen molar-refractivity contribution in [2.45, 2.75) is 4.90 Å². The molecule has 1 aliphatic rings. The van der Waals surface area contributed by atoms with Crippen LogP contribution in [0.3, 0.4) is 0 Å². The second kappa shape index (κ2) is 2.46. The van der Waals surface area contributed by atoms with E-state index in [2.05, 4.69) is 17.1 Å². The summed E-state index contributed by atoms with van der Waals surface area (Å²) in [5, 5.41) is 0. The lowest BCUT2D eigenvalue weighted by atomic mass is 10.3. The van der Waals surface area contributed by atoms with Crippen LogP contribution in [0.4, 0.5) is 5.69 Å². The first-order valence-corrected chi connectivity index (χ1v) is 4.11. The molecule has 0 atom stereocenters. The van der Waals surface area contributed by atoms with Crippen molar-refractivity contribution in [3.05, 3.63) is 24.3 Å². The Balaban J connectivity index is 2.54. The number of thioether (sulfide) groups is 1. The smallest absolute Gasteiger partial charge is 0.0768 e. The van der Waals surface area contributed by atoms with Gasteiger partial charge in [0.1, 0.15) is 0 Å². The second-order valence-electron chi connectivity index (χ2n) is 2.02. The number of hydrogen-bond acceptors (Lipinski definition) is 2. The lowest BCUT2D eigenvalue weighted by Gasteiger charge is -2.06. The number of aliphatic imine (C=N–C) groups is 1. The molecule has 10 heavy (non-hydrogen) atoms. The minimum absolute atomic E-state index is 0.997. The van der Waals surface area contributed by atoms with Crippen LogP contribution in [-0.4, -0.2) is 12.0 Å². The Morgan fingerprint density at radius 1 is 1.60 bits per heavy atom. The SMILES string of the molecule is [c]1ccc2c(c1)N=CCS2. The van der Waals surface area contributed by atoms with Crippen LogP contribution in [-0.2, 0) is 0 Å². The summed E-state index contributed by atoms with van der Waals surface area (Å²) in [6.07, 6.45) is 1.93. The maximum absolute atomic E-state index is 4.22. The summed E-state index contributed by atoms with van der Waals surface area (Å²) in [4.78, 5) is 5.48. The summed E-state index contributed by atoms with van der Waals surface area (Å²) >= 11 is 1.82. The fourth-order valence-electron chi connectivity index (χ4n) is 0.893. The first-order chi connectivity index (χ1) is 4.97. The monoisotopic (exact) mass is 148 g/mol. The highest BCUT2D eigenvalue weighted by molar-refractivity contribution is 8.00. The van der Waals surface area contributed by atoms with Gasteiger partial charge in [0.05, 0.1) is 5.69 Å². The van der Waals surface area contributed by atoms with Gasteiger partial charge in [-0.15, -0.1) is 11.8 Å². The predicted molar refractivity (Wildman–Crippen MR) is 44.2 cm³/mol. The molecule has 1 nitrogen and oxygen atoms in total. The minimum atomic E-state index is 0.997. The summed E-state index contributed by atoms with van der Waals surface area (Å²) in [5.74, 6) is 0.997. The number of benzene rings is 1. The summed E-state index contributed by atoms with van der Waals surface area (Å²) in [6.45, 7) is 0. The fraction of sp³-hybridized carbons (Fsp3) is 0.125. The van der Waals surface area contributed by atoms with Crippen LogP contribution in [0.5, 0.6) is 0 Å². The van der Waals surface area contributed by atoms with E-state index in [-0.39, 0.29) is 0 Å². The molecule has 0 saturated heterocycles. The highest BCUT2D eigenvalue weighted by atomic mass is 32.2. The van der Waals surface area contributed by atoms with Crippen LogP contribution in [0.1, 0.15) is 0 Å². The van der Waals surface area contributed by atoms with Crippen LogP contribution < -0.4 is 0 Å². The first-order valence-electron chi connectivity index (χ1n) is 3.12. The van der Waals surface area contributed by atoms with Gasteiger partial charge in [-0.25, -0.2) is 0 Å². The predicted octanol–water partition coefficient (Wildman–Crippen LogP) is 2.29. The number of hydrogen-bond donors (Lipinski definition) is 0. The zero-order valence-electron chi connectivity index (χ0n) is 5.37.